The molecule has 4 aromatic rings. The fraction of sp³-hybridized carbons (Fsp3) is 0.158. The van der Waals surface area contributed by atoms with Gasteiger partial charge in [-0.25, -0.2) is 4.98 Å². The molecule has 2 aromatic heterocycles. The van der Waals surface area contributed by atoms with Crippen molar-refractivity contribution in [2.75, 3.05) is 21.3 Å². The lowest BCUT2D eigenvalue weighted by molar-refractivity contribution is 0.356. The number of aromatic nitrogens is 4. The van der Waals surface area contributed by atoms with E-state index in [4.69, 9.17) is 14.2 Å². The highest BCUT2D eigenvalue weighted by Gasteiger charge is 2.19. The van der Waals surface area contributed by atoms with Gasteiger partial charge in [-0.05, 0) is 23.8 Å². The highest BCUT2D eigenvalue weighted by molar-refractivity contribution is 6.04. The summed E-state index contributed by atoms with van der Waals surface area (Å²) in [5, 5.41) is 7.90. The highest BCUT2D eigenvalue weighted by Crippen LogP contribution is 2.42. The molecule has 0 radical (unpaired) electrons. The fourth-order valence-electron chi connectivity index (χ4n) is 3.08. The average molecular weight is 350 g/mol. The summed E-state index contributed by atoms with van der Waals surface area (Å²) >= 11 is 0. The summed E-state index contributed by atoms with van der Waals surface area (Å²) in [6, 6.07) is 11.8. The number of hydrogen-bond donors (Lipinski definition) is 2. The zero-order chi connectivity index (χ0) is 18.1. The quantitative estimate of drug-likeness (QED) is 0.574. The molecule has 2 heterocycles. The summed E-state index contributed by atoms with van der Waals surface area (Å²) in [7, 11) is 4.90. The second-order valence-corrected chi connectivity index (χ2v) is 5.69. The van der Waals surface area contributed by atoms with Gasteiger partial charge in [-0.3, -0.25) is 5.10 Å². The van der Waals surface area contributed by atoms with E-state index >= 15 is 0 Å². The Hall–Kier alpha value is -3.48. The van der Waals surface area contributed by atoms with E-state index in [9.17, 15) is 0 Å². The largest absolute Gasteiger partial charge is 0.497 e. The van der Waals surface area contributed by atoms with Crippen LogP contribution in [-0.2, 0) is 0 Å². The van der Waals surface area contributed by atoms with E-state index in [2.05, 4.69) is 20.2 Å². The molecule has 132 valence electrons. The summed E-state index contributed by atoms with van der Waals surface area (Å²) in [5.41, 5.74) is 3.79. The third-order valence-corrected chi connectivity index (χ3v) is 4.33. The van der Waals surface area contributed by atoms with Gasteiger partial charge < -0.3 is 19.2 Å². The monoisotopic (exact) mass is 350 g/mol. The lowest BCUT2D eigenvalue weighted by atomic mass is 10.0. The third kappa shape index (κ3) is 2.54. The van der Waals surface area contributed by atoms with E-state index in [1.165, 1.54) is 6.33 Å². The Kier molecular flexibility index (Phi) is 3.96. The number of hydrogen-bond acceptors (Lipinski definition) is 5. The number of ether oxygens (including phenoxy) is 3. The Labute approximate surface area is 149 Å². The second kappa shape index (κ2) is 6.44. The Balaban J connectivity index is 2.01. The van der Waals surface area contributed by atoms with Crippen LogP contribution in [0, 0.1) is 0 Å². The Bertz CT molecular complexity index is 1040. The van der Waals surface area contributed by atoms with Crippen molar-refractivity contribution in [1.82, 2.24) is 20.2 Å². The van der Waals surface area contributed by atoms with E-state index in [1.807, 2.05) is 36.4 Å². The van der Waals surface area contributed by atoms with Crippen LogP contribution in [0.3, 0.4) is 0 Å². The number of fused-ring (bicyclic) bond motifs is 1. The van der Waals surface area contributed by atoms with Gasteiger partial charge in [-0.2, -0.15) is 5.10 Å². The summed E-state index contributed by atoms with van der Waals surface area (Å²) in [6.45, 7) is 0. The van der Waals surface area contributed by atoms with Gasteiger partial charge in [0.05, 0.1) is 32.5 Å². The van der Waals surface area contributed by atoms with Crippen LogP contribution in [0.2, 0.25) is 0 Å². The molecule has 0 atom stereocenters. The molecule has 0 fully saturated rings. The van der Waals surface area contributed by atoms with Crippen LogP contribution in [-0.4, -0.2) is 41.5 Å². The van der Waals surface area contributed by atoms with Gasteiger partial charge in [0.25, 0.3) is 0 Å². The van der Waals surface area contributed by atoms with E-state index in [0.29, 0.717) is 17.3 Å². The van der Waals surface area contributed by atoms with E-state index in [0.717, 1.165) is 33.5 Å². The van der Waals surface area contributed by atoms with E-state index in [1.54, 1.807) is 21.3 Å². The normalized spacial score (nSPS) is 10.9. The van der Waals surface area contributed by atoms with Gasteiger partial charge in [-0.15, -0.1) is 0 Å². The lowest BCUT2D eigenvalue weighted by Crippen LogP contribution is -1.90. The van der Waals surface area contributed by atoms with Crippen LogP contribution in [0.25, 0.3) is 33.5 Å². The lowest BCUT2D eigenvalue weighted by Gasteiger charge is -2.09. The average Bonchev–Trinajstić information content (AvgIpc) is 3.34. The molecule has 0 aliphatic heterocycles. The molecular formula is C19H18N4O3. The number of methoxy groups -OCH3 is 3. The molecule has 4 rings (SSSR count). The molecule has 0 saturated heterocycles. The fourth-order valence-corrected chi connectivity index (χ4v) is 3.08. The van der Waals surface area contributed by atoms with Gasteiger partial charge in [-0.1, -0.05) is 12.1 Å². The van der Waals surface area contributed by atoms with Gasteiger partial charge in [0.1, 0.15) is 12.1 Å². The zero-order valence-corrected chi connectivity index (χ0v) is 14.7. The number of H-pyrrole nitrogens is 2. The molecule has 26 heavy (non-hydrogen) atoms. The van der Waals surface area contributed by atoms with Crippen molar-refractivity contribution in [3.63, 3.8) is 0 Å². The van der Waals surface area contributed by atoms with Crippen LogP contribution in [0.1, 0.15) is 0 Å². The summed E-state index contributed by atoms with van der Waals surface area (Å²) < 4.78 is 16.2. The van der Waals surface area contributed by atoms with Crippen molar-refractivity contribution >= 4 is 10.9 Å². The molecule has 0 saturated carbocycles. The van der Waals surface area contributed by atoms with Crippen molar-refractivity contribution in [1.29, 1.82) is 0 Å². The first-order chi connectivity index (χ1) is 12.7. The Morgan fingerprint density at radius 1 is 0.885 bits per heavy atom. The minimum Gasteiger partial charge on any atom is -0.497 e. The summed E-state index contributed by atoms with van der Waals surface area (Å²) in [5.74, 6) is 2.78. The van der Waals surface area contributed by atoms with Gasteiger partial charge >= 0.3 is 0 Å². The predicted octanol–water partition coefficient (Wildman–Crippen LogP) is 3.65. The highest BCUT2D eigenvalue weighted by atomic mass is 16.5. The number of nitrogens with one attached hydrogen (secondary N) is 2. The standard InChI is InChI=1S/C19H18N4O3/c1-24-12-6-4-11(5-7-12)17-13-8-15(25-2)16(26-3)9-14(13)22-18(17)19-20-10-21-23-19/h4-10,22H,1-3H3,(H,20,21,23). The minimum atomic E-state index is 0.657. The van der Waals surface area contributed by atoms with Crippen LogP contribution in [0.4, 0.5) is 0 Å². The first kappa shape index (κ1) is 16.0. The summed E-state index contributed by atoms with van der Waals surface area (Å²) in [4.78, 5) is 7.72. The minimum absolute atomic E-state index is 0.657. The van der Waals surface area contributed by atoms with Gasteiger partial charge in [0.15, 0.2) is 17.3 Å². The molecule has 0 unspecified atom stereocenters. The van der Waals surface area contributed by atoms with Crippen molar-refractivity contribution in [2.45, 2.75) is 0 Å². The topological polar surface area (TPSA) is 85.1 Å². The molecule has 7 heteroatoms. The van der Waals surface area contributed by atoms with Crippen molar-refractivity contribution < 1.29 is 14.2 Å². The van der Waals surface area contributed by atoms with Crippen LogP contribution in [0.15, 0.2) is 42.7 Å². The van der Waals surface area contributed by atoms with Gasteiger partial charge in [0.2, 0.25) is 0 Å². The van der Waals surface area contributed by atoms with Crippen molar-refractivity contribution in [3.05, 3.63) is 42.7 Å². The van der Waals surface area contributed by atoms with E-state index in [-0.39, 0.29) is 0 Å². The van der Waals surface area contributed by atoms with Crippen LogP contribution < -0.4 is 14.2 Å². The third-order valence-electron chi connectivity index (χ3n) is 4.33. The van der Waals surface area contributed by atoms with Crippen LogP contribution in [0.5, 0.6) is 17.2 Å². The molecule has 0 aliphatic rings. The molecular weight excluding hydrogens is 332 g/mol. The number of aromatic amines is 2. The number of rotatable bonds is 5. The molecule has 2 N–H and O–H groups in total. The maximum Gasteiger partial charge on any atom is 0.172 e. The number of benzene rings is 2. The molecule has 0 spiro atoms. The van der Waals surface area contributed by atoms with Crippen molar-refractivity contribution in [2.24, 2.45) is 0 Å². The molecule has 7 nitrogen and oxygen atoms in total. The molecule has 2 aromatic carbocycles. The predicted molar refractivity (Wildman–Crippen MR) is 98.8 cm³/mol. The SMILES string of the molecule is COc1ccc(-c2c(-c3ncn[nH]3)[nH]c3cc(OC)c(OC)cc23)cc1. The molecule has 0 amide bonds. The maximum absolute atomic E-state index is 5.48. The van der Waals surface area contributed by atoms with E-state index < -0.39 is 0 Å². The zero-order valence-electron chi connectivity index (χ0n) is 14.7. The van der Waals surface area contributed by atoms with Crippen LogP contribution >= 0.6 is 0 Å². The maximum atomic E-state index is 5.48. The van der Waals surface area contributed by atoms with Gasteiger partial charge in [0, 0.05) is 17.0 Å². The summed E-state index contributed by atoms with van der Waals surface area (Å²) in [6.07, 6.45) is 1.49. The number of nitrogens with zero attached hydrogens (tertiary/aromatic N) is 2. The smallest absolute Gasteiger partial charge is 0.172 e. The van der Waals surface area contributed by atoms with Crippen molar-refractivity contribution in [3.8, 4) is 39.9 Å². The Morgan fingerprint density at radius 2 is 1.62 bits per heavy atom. The molecule has 0 aliphatic carbocycles. The molecule has 0 bridgehead atoms. The first-order valence-electron chi connectivity index (χ1n) is 8.03. The first-order valence-corrected chi connectivity index (χ1v) is 8.03. The second-order valence-electron chi connectivity index (χ2n) is 5.69. The Morgan fingerprint density at radius 3 is 2.23 bits per heavy atom.